The number of hydrogen-bond donors (Lipinski definition) is 3. The molecular weight excluding hydrogens is 286 g/mol. The van der Waals surface area contributed by atoms with Crippen LogP contribution in [0.25, 0.3) is 0 Å². The summed E-state index contributed by atoms with van der Waals surface area (Å²) in [6.07, 6.45) is 4.67. The third-order valence-electron chi connectivity index (χ3n) is 2.32. The molecule has 0 aromatic carbocycles. The number of urea groups is 1. The van der Waals surface area contributed by atoms with Crippen molar-refractivity contribution in [1.29, 1.82) is 0 Å². The van der Waals surface area contributed by atoms with Crippen molar-refractivity contribution in [2.45, 2.75) is 18.9 Å². The molecule has 19 heavy (non-hydrogen) atoms. The largest absolute Gasteiger partial charge is 0.480 e. The van der Waals surface area contributed by atoms with Gasteiger partial charge in [-0.1, -0.05) is 0 Å². The first-order valence-corrected chi connectivity index (χ1v) is 8.05. The fourth-order valence-corrected chi connectivity index (χ4v) is 2.45. The molecule has 2 amide bonds. The highest BCUT2D eigenvalue weighted by Gasteiger charge is 2.18. The van der Waals surface area contributed by atoms with Crippen LogP contribution in [0.1, 0.15) is 11.4 Å². The van der Waals surface area contributed by atoms with Gasteiger partial charge < -0.3 is 15.7 Å². The van der Waals surface area contributed by atoms with E-state index in [0.29, 0.717) is 25.1 Å². The Kier molecular flexibility index (Phi) is 7.27. The summed E-state index contributed by atoms with van der Waals surface area (Å²) in [4.78, 5) is 26.6. The highest BCUT2D eigenvalue weighted by molar-refractivity contribution is 7.98. The van der Waals surface area contributed by atoms with E-state index >= 15 is 0 Å². The zero-order valence-corrected chi connectivity index (χ0v) is 12.2. The lowest BCUT2D eigenvalue weighted by Gasteiger charge is -2.14. The van der Waals surface area contributed by atoms with Gasteiger partial charge in [-0.15, -0.1) is 11.3 Å². The monoisotopic (exact) mass is 303 g/mol. The third-order valence-corrected chi connectivity index (χ3v) is 3.81. The number of thioether (sulfide) groups is 1. The smallest absolute Gasteiger partial charge is 0.326 e. The molecule has 1 aromatic heterocycles. The number of aliphatic carboxylic acids is 1. The zero-order valence-electron chi connectivity index (χ0n) is 10.6. The standard InChI is InChI=1S/C11H17N3O3S2/c1-18-6-3-8(10(15)16)14-11(17)13-4-2-9-12-5-7-19-9/h5,7-8H,2-4,6H2,1H3,(H,15,16)(H2,13,14,17)/t8-/m0/s1. The van der Waals surface area contributed by atoms with Crippen molar-refractivity contribution >= 4 is 35.1 Å². The number of thiazole rings is 1. The van der Waals surface area contributed by atoms with Crippen molar-refractivity contribution in [3.05, 3.63) is 16.6 Å². The van der Waals surface area contributed by atoms with E-state index < -0.39 is 18.0 Å². The number of amides is 2. The SMILES string of the molecule is CSCC[C@H](NC(=O)NCCc1nccs1)C(=O)O. The normalized spacial score (nSPS) is 11.8. The van der Waals surface area contributed by atoms with Crippen molar-refractivity contribution in [3.8, 4) is 0 Å². The first-order chi connectivity index (χ1) is 9.13. The Morgan fingerprint density at radius 1 is 1.58 bits per heavy atom. The molecular formula is C11H17N3O3S2. The Morgan fingerprint density at radius 3 is 2.95 bits per heavy atom. The maximum Gasteiger partial charge on any atom is 0.326 e. The zero-order chi connectivity index (χ0) is 14.1. The van der Waals surface area contributed by atoms with Crippen molar-refractivity contribution in [1.82, 2.24) is 15.6 Å². The van der Waals surface area contributed by atoms with Crippen LogP contribution in [-0.4, -0.2) is 46.7 Å². The molecule has 1 rings (SSSR count). The molecule has 0 saturated carbocycles. The molecule has 0 aliphatic heterocycles. The van der Waals surface area contributed by atoms with Crippen LogP contribution in [0.15, 0.2) is 11.6 Å². The van der Waals surface area contributed by atoms with Gasteiger partial charge in [0.2, 0.25) is 0 Å². The van der Waals surface area contributed by atoms with E-state index in [1.165, 1.54) is 11.3 Å². The number of carboxylic acid groups (broad SMARTS) is 1. The topological polar surface area (TPSA) is 91.3 Å². The summed E-state index contributed by atoms with van der Waals surface area (Å²) in [6.45, 7) is 0.439. The van der Waals surface area contributed by atoms with Crippen LogP contribution < -0.4 is 10.6 Å². The molecule has 0 unspecified atom stereocenters. The van der Waals surface area contributed by atoms with Crippen LogP contribution in [0.2, 0.25) is 0 Å². The van der Waals surface area contributed by atoms with Crippen LogP contribution in [0.5, 0.6) is 0 Å². The molecule has 0 aliphatic carbocycles. The summed E-state index contributed by atoms with van der Waals surface area (Å²) < 4.78 is 0. The predicted octanol–water partition coefficient (Wildman–Crippen LogP) is 1.19. The maximum atomic E-state index is 11.5. The van der Waals surface area contributed by atoms with Crippen LogP contribution in [0, 0.1) is 0 Å². The number of aromatic nitrogens is 1. The Balaban J connectivity index is 2.25. The minimum absolute atomic E-state index is 0.413. The average molecular weight is 303 g/mol. The third kappa shape index (κ3) is 6.44. The Hall–Kier alpha value is -1.28. The molecule has 1 atom stereocenters. The van der Waals surface area contributed by atoms with Gasteiger partial charge in [0, 0.05) is 24.5 Å². The molecule has 0 spiro atoms. The summed E-state index contributed by atoms with van der Waals surface area (Å²) in [5.74, 6) is -0.319. The minimum Gasteiger partial charge on any atom is -0.480 e. The summed E-state index contributed by atoms with van der Waals surface area (Å²) in [7, 11) is 0. The van der Waals surface area contributed by atoms with Crippen molar-refractivity contribution in [2.24, 2.45) is 0 Å². The molecule has 0 saturated heterocycles. The van der Waals surface area contributed by atoms with Gasteiger partial charge in [-0.2, -0.15) is 11.8 Å². The highest BCUT2D eigenvalue weighted by Crippen LogP contribution is 2.03. The highest BCUT2D eigenvalue weighted by atomic mass is 32.2. The van der Waals surface area contributed by atoms with Gasteiger partial charge in [-0.05, 0) is 18.4 Å². The molecule has 6 nitrogen and oxygen atoms in total. The molecule has 0 aliphatic rings. The number of carbonyl (C=O) groups excluding carboxylic acids is 1. The van der Waals surface area contributed by atoms with E-state index in [1.807, 2.05) is 11.6 Å². The van der Waals surface area contributed by atoms with Gasteiger partial charge >= 0.3 is 12.0 Å². The van der Waals surface area contributed by atoms with Gasteiger partial charge in [-0.3, -0.25) is 0 Å². The quantitative estimate of drug-likeness (QED) is 0.671. The molecule has 0 fully saturated rings. The molecule has 8 heteroatoms. The van der Waals surface area contributed by atoms with E-state index in [4.69, 9.17) is 5.11 Å². The summed E-state index contributed by atoms with van der Waals surface area (Å²) in [5, 5.41) is 16.9. The van der Waals surface area contributed by atoms with Gasteiger partial charge in [0.15, 0.2) is 0 Å². The lowest BCUT2D eigenvalue weighted by atomic mass is 10.2. The molecule has 0 radical (unpaired) electrons. The predicted molar refractivity (Wildman–Crippen MR) is 76.8 cm³/mol. The number of nitrogens with one attached hydrogen (secondary N) is 2. The summed E-state index contributed by atoms with van der Waals surface area (Å²) in [5.41, 5.74) is 0. The fraction of sp³-hybridized carbons (Fsp3) is 0.545. The lowest BCUT2D eigenvalue weighted by Crippen LogP contribution is -2.46. The number of rotatable bonds is 8. The van der Waals surface area contributed by atoms with Crippen molar-refractivity contribution < 1.29 is 14.7 Å². The molecule has 3 N–H and O–H groups in total. The average Bonchev–Trinajstić information content (AvgIpc) is 2.87. The molecule has 1 aromatic rings. The van der Waals surface area contributed by atoms with E-state index in [-0.39, 0.29) is 0 Å². The Bertz CT molecular complexity index is 398. The van der Waals surface area contributed by atoms with E-state index in [0.717, 1.165) is 5.01 Å². The number of nitrogens with zero attached hydrogens (tertiary/aromatic N) is 1. The van der Waals surface area contributed by atoms with E-state index in [2.05, 4.69) is 15.6 Å². The molecule has 1 heterocycles. The summed E-state index contributed by atoms with van der Waals surface area (Å²) in [6, 6.07) is -1.29. The number of carboxylic acids is 1. The summed E-state index contributed by atoms with van der Waals surface area (Å²) >= 11 is 3.07. The van der Waals surface area contributed by atoms with Crippen LogP contribution in [0.4, 0.5) is 4.79 Å². The number of carbonyl (C=O) groups is 2. The fourth-order valence-electron chi connectivity index (χ4n) is 1.36. The van der Waals surface area contributed by atoms with Crippen LogP contribution >= 0.6 is 23.1 Å². The van der Waals surface area contributed by atoms with E-state index in [1.54, 1.807) is 18.0 Å². The second-order valence-corrected chi connectivity index (χ2v) is 5.71. The van der Waals surface area contributed by atoms with Gasteiger partial charge in [0.1, 0.15) is 6.04 Å². The van der Waals surface area contributed by atoms with Crippen molar-refractivity contribution in [3.63, 3.8) is 0 Å². The van der Waals surface area contributed by atoms with Gasteiger partial charge in [-0.25, -0.2) is 14.6 Å². The minimum atomic E-state index is -1.01. The Labute approximate surface area is 120 Å². The molecule has 0 bridgehead atoms. The lowest BCUT2D eigenvalue weighted by molar-refractivity contribution is -0.139. The van der Waals surface area contributed by atoms with Gasteiger partial charge in [0.05, 0.1) is 5.01 Å². The second kappa shape index (κ2) is 8.76. The maximum absolute atomic E-state index is 11.5. The first-order valence-electron chi connectivity index (χ1n) is 5.78. The first kappa shape index (κ1) is 15.8. The van der Waals surface area contributed by atoms with E-state index in [9.17, 15) is 9.59 Å². The van der Waals surface area contributed by atoms with Crippen molar-refractivity contribution in [2.75, 3.05) is 18.6 Å². The van der Waals surface area contributed by atoms with Gasteiger partial charge in [0.25, 0.3) is 0 Å². The molecule has 106 valence electrons. The van der Waals surface area contributed by atoms with Crippen LogP contribution in [-0.2, 0) is 11.2 Å². The number of hydrogen-bond acceptors (Lipinski definition) is 5. The van der Waals surface area contributed by atoms with Crippen LogP contribution in [0.3, 0.4) is 0 Å². The second-order valence-electron chi connectivity index (χ2n) is 3.75. The Morgan fingerprint density at radius 2 is 2.37 bits per heavy atom.